The van der Waals surface area contributed by atoms with Gasteiger partial charge in [-0.25, -0.2) is 18.4 Å². The van der Waals surface area contributed by atoms with E-state index < -0.39 is 9.84 Å². The van der Waals surface area contributed by atoms with Crippen molar-refractivity contribution in [3.63, 3.8) is 0 Å². The zero-order valence-electron chi connectivity index (χ0n) is 9.37. The van der Waals surface area contributed by atoms with E-state index in [2.05, 4.69) is 9.97 Å². The third-order valence-electron chi connectivity index (χ3n) is 2.87. The van der Waals surface area contributed by atoms with E-state index in [9.17, 15) is 8.42 Å². The van der Waals surface area contributed by atoms with Crippen molar-refractivity contribution in [3.05, 3.63) is 18.1 Å². The summed E-state index contributed by atoms with van der Waals surface area (Å²) in [5.41, 5.74) is 0.251. The quantitative estimate of drug-likeness (QED) is 0.734. The first-order chi connectivity index (χ1) is 8.02. The van der Waals surface area contributed by atoms with E-state index in [-0.39, 0.29) is 23.2 Å². The molecule has 7 heteroatoms. The Morgan fingerprint density at radius 3 is 2.71 bits per heavy atom. The van der Waals surface area contributed by atoms with Crippen LogP contribution in [0.15, 0.2) is 12.4 Å². The fourth-order valence-electron chi connectivity index (χ4n) is 1.83. The van der Waals surface area contributed by atoms with Gasteiger partial charge in [-0.1, -0.05) is 0 Å². The molecule has 0 aliphatic carbocycles. The van der Waals surface area contributed by atoms with E-state index in [1.807, 2.05) is 6.07 Å². The second-order valence-electron chi connectivity index (χ2n) is 4.04. The maximum Gasteiger partial charge on any atom is 0.158 e. The van der Waals surface area contributed by atoms with Crippen molar-refractivity contribution < 1.29 is 8.42 Å². The Labute approximate surface area is 99.8 Å². The summed E-state index contributed by atoms with van der Waals surface area (Å²) in [5.74, 6) is 0.975. The maximum atomic E-state index is 11.4. The second kappa shape index (κ2) is 4.30. The van der Waals surface area contributed by atoms with E-state index >= 15 is 0 Å². The molecule has 0 N–H and O–H groups in total. The van der Waals surface area contributed by atoms with Crippen molar-refractivity contribution in [2.75, 3.05) is 23.5 Å². The lowest BCUT2D eigenvalue weighted by atomic mass is 10.2. The van der Waals surface area contributed by atoms with Crippen LogP contribution in [0.5, 0.6) is 0 Å². The molecule has 6 nitrogen and oxygen atoms in total. The molecule has 0 radical (unpaired) electrons. The summed E-state index contributed by atoms with van der Waals surface area (Å²) >= 11 is 0. The van der Waals surface area contributed by atoms with Gasteiger partial charge >= 0.3 is 0 Å². The van der Waals surface area contributed by atoms with Gasteiger partial charge in [-0.3, -0.25) is 0 Å². The van der Waals surface area contributed by atoms with Crippen molar-refractivity contribution in [1.29, 1.82) is 5.26 Å². The van der Waals surface area contributed by atoms with Crippen molar-refractivity contribution in [2.45, 2.75) is 12.5 Å². The fraction of sp³-hybridized carbons (Fsp3) is 0.500. The van der Waals surface area contributed by atoms with Crippen LogP contribution >= 0.6 is 0 Å². The fourth-order valence-corrected chi connectivity index (χ4v) is 3.60. The van der Waals surface area contributed by atoms with Crippen LogP contribution in [0, 0.1) is 11.3 Å². The Bertz CT molecular complexity index is 547. The third kappa shape index (κ3) is 2.53. The largest absolute Gasteiger partial charge is 0.354 e. The average Bonchev–Trinajstić information content (AvgIpc) is 2.69. The summed E-state index contributed by atoms with van der Waals surface area (Å²) in [5, 5.41) is 8.60. The normalized spacial score (nSPS) is 22.0. The standard InChI is InChI=1S/C10H12N4O2S/c1-14(9-2-3-17(15,16)7-9)10-6-12-8(4-11)5-13-10/h5-6,9H,2-3,7H2,1H3. The minimum Gasteiger partial charge on any atom is -0.354 e. The van der Waals surface area contributed by atoms with Crippen molar-refractivity contribution in [3.8, 4) is 6.07 Å². The molecule has 1 atom stereocenters. The molecule has 1 aliphatic heterocycles. The minimum atomic E-state index is -2.90. The first kappa shape index (κ1) is 11.8. The molecule has 0 bridgehead atoms. The molecule has 1 unspecified atom stereocenters. The molecule has 0 aromatic carbocycles. The molecule has 2 rings (SSSR count). The molecule has 1 aliphatic rings. The summed E-state index contributed by atoms with van der Waals surface area (Å²) in [6, 6.07) is 1.83. The van der Waals surface area contributed by atoms with Gasteiger partial charge in [-0.15, -0.1) is 0 Å². The first-order valence-electron chi connectivity index (χ1n) is 5.17. The lowest BCUT2D eigenvalue weighted by molar-refractivity contribution is 0.600. The Balaban J connectivity index is 2.15. The predicted octanol–water partition coefficient (Wildman–Crippen LogP) is -0.0284. The summed E-state index contributed by atoms with van der Waals surface area (Å²) in [6.07, 6.45) is 3.49. The lowest BCUT2D eigenvalue weighted by Crippen LogP contribution is -2.33. The average molecular weight is 252 g/mol. The number of hydrogen-bond acceptors (Lipinski definition) is 6. The molecule has 90 valence electrons. The molecule has 1 aromatic heterocycles. The zero-order chi connectivity index (χ0) is 12.5. The highest BCUT2D eigenvalue weighted by Gasteiger charge is 2.31. The van der Waals surface area contributed by atoms with Crippen LogP contribution in [0.2, 0.25) is 0 Å². The van der Waals surface area contributed by atoms with Gasteiger partial charge in [-0.2, -0.15) is 5.26 Å². The SMILES string of the molecule is CN(c1cnc(C#N)cn1)C1CCS(=O)(=O)C1. The lowest BCUT2D eigenvalue weighted by Gasteiger charge is -2.23. The molecule has 0 amide bonds. The van der Waals surface area contributed by atoms with Gasteiger partial charge in [0.05, 0.1) is 23.9 Å². The summed E-state index contributed by atoms with van der Waals surface area (Å²) in [7, 11) is -1.11. The number of anilines is 1. The number of sulfone groups is 1. The number of rotatable bonds is 2. The molecule has 1 aromatic rings. The van der Waals surface area contributed by atoms with Crippen molar-refractivity contribution in [1.82, 2.24) is 9.97 Å². The highest BCUT2D eigenvalue weighted by atomic mass is 32.2. The van der Waals surface area contributed by atoms with Gasteiger partial charge in [-0.05, 0) is 6.42 Å². The van der Waals surface area contributed by atoms with Crippen LogP contribution in [0.4, 0.5) is 5.82 Å². The minimum absolute atomic E-state index is 0.0535. The molecular weight excluding hydrogens is 240 g/mol. The molecule has 0 saturated carbocycles. The van der Waals surface area contributed by atoms with E-state index in [0.29, 0.717) is 12.2 Å². The topological polar surface area (TPSA) is 86.9 Å². The van der Waals surface area contributed by atoms with Crippen LogP contribution in [0.25, 0.3) is 0 Å². The Morgan fingerprint density at radius 1 is 1.47 bits per heavy atom. The van der Waals surface area contributed by atoms with Gasteiger partial charge in [0.2, 0.25) is 0 Å². The van der Waals surface area contributed by atoms with Gasteiger partial charge in [0.25, 0.3) is 0 Å². The molecule has 17 heavy (non-hydrogen) atoms. The second-order valence-corrected chi connectivity index (χ2v) is 6.27. The molecule has 2 heterocycles. The molecule has 1 fully saturated rings. The highest BCUT2D eigenvalue weighted by Crippen LogP contribution is 2.20. The smallest absolute Gasteiger partial charge is 0.158 e. The van der Waals surface area contributed by atoms with Crippen LogP contribution < -0.4 is 4.90 Å². The Morgan fingerprint density at radius 2 is 2.24 bits per heavy atom. The van der Waals surface area contributed by atoms with E-state index in [0.717, 1.165) is 0 Å². The summed E-state index contributed by atoms with van der Waals surface area (Å²) in [4.78, 5) is 9.80. The van der Waals surface area contributed by atoms with Gasteiger partial charge in [0, 0.05) is 13.1 Å². The van der Waals surface area contributed by atoms with Crippen LogP contribution in [-0.4, -0.2) is 43.0 Å². The maximum absolute atomic E-state index is 11.4. The van der Waals surface area contributed by atoms with Gasteiger partial charge in [0.1, 0.15) is 11.9 Å². The van der Waals surface area contributed by atoms with E-state index in [1.54, 1.807) is 11.9 Å². The van der Waals surface area contributed by atoms with Crippen LogP contribution in [0.3, 0.4) is 0 Å². The van der Waals surface area contributed by atoms with Crippen LogP contribution in [0.1, 0.15) is 12.1 Å². The summed E-state index contributed by atoms with van der Waals surface area (Å²) < 4.78 is 22.7. The first-order valence-corrected chi connectivity index (χ1v) is 6.99. The van der Waals surface area contributed by atoms with E-state index in [1.165, 1.54) is 12.4 Å². The highest BCUT2D eigenvalue weighted by molar-refractivity contribution is 7.91. The predicted molar refractivity (Wildman–Crippen MR) is 62.2 cm³/mol. The van der Waals surface area contributed by atoms with Crippen molar-refractivity contribution >= 4 is 15.7 Å². The monoisotopic (exact) mass is 252 g/mol. The molecular formula is C10H12N4O2S. The van der Waals surface area contributed by atoms with Crippen LogP contribution in [-0.2, 0) is 9.84 Å². The molecule has 0 spiro atoms. The number of nitrogens with zero attached hydrogens (tertiary/aromatic N) is 4. The van der Waals surface area contributed by atoms with Crippen molar-refractivity contribution in [2.24, 2.45) is 0 Å². The summed E-state index contributed by atoms with van der Waals surface area (Å²) in [6.45, 7) is 0. The Hall–Kier alpha value is -1.68. The number of hydrogen-bond donors (Lipinski definition) is 0. The van der Waals surface area contributed by atoms with Gasteiger partial charge in [0.15, 0.2) is 15.5 Å². The number of nitriles is 1. The third-order valence-corrected chi connectivity index (χ3v) is 4.62. The molecule has 1 saturated heterocycles. The zero-order valence-corrected chi connectivity index (χ0v) is 10.2. The van der Waals surface area contributed by atoms with Gasteiger partial charge < -0.3 is 4.90 Å². The van der Waals surface area contributed by atoms with E-state index in [4.69, 9.17) is 5.26 Å². The number of aromatic nitrogens is 2. The Kier molecular flexibility index (Phi) is 2.98.